The highest BCUT2D eigenvalue weighted by Gasteiger charge is 2.53. The lowest BCUT2D eigenvalue weighted by Crippen LogP contribution is -2.46. The number of esters is 3. The Morgan fingerprint density at radius 1 is 1.22 bits per heavy atom. The second-order valence-corrected chi connectivity index (χ2v) is 6.71. The number of hydrogen-bond acceptors (Lipinski definition) is 6. The van der Waals surface area contributed by atoms with Crippen LogP contribution in [0.4, 0.5) is 0 Å². The van der Waals surface area contributed by atoms with Crippen LogP contribution in [0.3, 0.4) is 0 Å². The molecule has 0 aliphatic carbocycles. The summed E-state index contributed by atoms with van der Waals surface area (Å²) in [7, 11) is 2.45. The second-order valence-electron chi connectivity index (χ2n) is 5.80. The smallest absolute Gasteiger partial charge is 0.326 e. The number of carbonyl (C=O) groups is 3. The van der Waals surface area contributed by atoms with Crippen LogP contribution >= 0.6 is 15.9 Å². The molecule has 0 amide bonds. The minimum absolute atomic E-state index is 0.320. The van der Waals surface area contributed by atoms with Gasteiger partial charge in [-0.05, 0) is 32.0 Å². The van der Waals surface area contributed by atoms with Gasteiger partial charge in [-0.2, -0.15) is 0 Å². The van der Waals surface area contributed by atoms with Crippen molar-refractivity contribution >= 4 is 33.8 Å². The van der Waals surface area contributed by atoms with Crippen LogP contribution in [0.15, 0.2) is 22.7 Å². The van der Waals surface area contributed by atoms with E-state index >= 15 is 0 Å². The Morgan fingerprint density at radius 3 is 2.43 bits per heavy atom. The van der Waals surface area contributed by atoms with Crippen molar-refractivity contribution < 1.29 is 28.6 Å². The molecule has 2 rings (SSSR count). The maximum atomic E-state index is 12.3. The Balaban J connectivity index is 2.68. The fourth-order valence-corrected chi connectivity index (χ4v) is 3.28. The minimum atomic E-state index is -1.24. The number of rotatable bonds is 3. The van der Waals surface area contributed by atoms with Crippen LogP contribution in [0, 0.1) is 11.3 Å². The Labute approximate surface area is 142 Å². The summed E-state index contributed by atoms with van der Waals surface area (Å²) in [6.45, 7) is 3.26. The Morgan fingerprint density at radius 2 is 1.87 bits per heavy atom. The van der Waals surface area contributed by atoms with Gasteiger partial charge in [-0.1, -0.05) is 15.9 Å². The number of ether oxygens (including phenoxy) is 3. The average molecular weight is 385 g/mol. The highest BCUT2D eigenvalue weighted by Crippen LogP contribution is 2.49. The van der Waals surface area contributed by atoms with Gasteiger partial charge in [0.05, 0.1) is 19.6 Å². The largest absolute Gasteiger partial charge is 0.469 e. The molecule has 0 spiro atoms. The predicted molar refractivity (Wildman–Crippen MR) is 83.8 cm³/mol. The van der Waals surface area contributed by atoms with Crippen molar-refractivity contribution in [1.29, 1.82) is 0 Å². The van der Waals surface area contributed by atoms with Crippen LogP contribution in [-0.2, 0) is 23.9 Å². The van der Waals surface area contributed by atoms with E-state index in [1.54, 1.807) is 32.0 Å². The van der Waals surface area contributed by atoms with E-state index in [9.17, 15) is 14.4 Å². The SMILES string of the molecule is COC(=O)[C@H]1C(=O)Oc2ccc(Br)cc2[C@H]1C(C)(C)C(=O)OC. The number of hydrogen-bond donors (Lipinski definition) is 0. The van der Waals surface area contributed by atoms with E-state index in [-0.39, 0.29) is 0 Å². The lowest BCUT2D eigenvalue weighted by Gasteiger charge is -2.38. The van der Waals surface area contributed by atoms with Gasteiger partial charge < -0.3 is 14.2 Å². The van der Waals surface area contributed by atoms with Crippen molar-refractivity contribution in [2.24, 2.45) is 11.3 Å². The van der Waals surface area contributed by atoms with Gasteiger partial charge >= 0.3 is 17.9 Å². The normalized spacial score (nSPS) is 20.3. The van der Waals surface area contributed by atoms with Gasteiger partial charge in [0.25, 0.3) is 0 Å². The van der Waals surface area contributed by atoms with Crippen LogP contribution in [0.1, 0.15) is 25.3 Å². The maximum Gasteiger partial charge on any atom is 0.326 e. The third-order valence-electron chi connectivity index (χ3n) is 4.05. The summed E-state index contributed by atoms with van der Waals surface area (Å²) in [6.07, 6.45) is 0. The first-order chi connectivity index (χ1) is 10.7. The highest BCUT2D eigenvalue weighted by molar-refractivity contribution is 9.10. The predicted octanol–water partition coefficient (Wildman–Crippen LogP) is 2.44. The summed E-state index contributed by atoms with van der Waals surface area (Å²) in [6, 6.07) is 5.06. The van der Waals surface area contributed by atoms with Gasteiger partial charge in [-0.15, -0.1) is 0 Å². The average Bonchev–Trinajstić information content (AvgIpc) is 2.52. The molecule has 6 nitrogen and oxygen atoms in total. The first-order valence-electron chi connectivity index (χ1n) is 6.91. The summed E-state index contributed by atoms with van der Waals surface area (Å²) in [4.78, 5) is 36.7. The molecule has 1 heterocycles. The van der Waals surface area contributed by atoms with Crippen molar-refractivity contribution in [3.8, 4) is 5.75 Å². The van der Waals surface area contributed by atoms with E-state index in [2.05, 4.69) is 15.9 Å². The molecule has 1 aliphatic rings. The van der Waals surface area contributed by atoms with Crippen LogP contribution in [0.5, 0.6) is 5.75 Å². The third-order valence-corrected chi connectivity index (χ3v) is 4.54. The molecule has 7 heteroatoms. The summed E-state index contributed by atoms with van der Waals surface area (Å²) in [5.74, 6) is -3.71. The molecule has 1 aromatic carbocycles. The molecule has 0 fully saturated rings. The standard InChI is InChI=1S/C16H17BrO6/c1-16(2,15(20)22-4)12-9-7-8(17)5-6-10(9)23-14(19)11(12)13(18)21-3/h5-7,11-12H,1-4H3/t11-,12+/m0/s1. The van der Waals surface area contributed by atoms with Crippen LogP contribution in [-0.4, -0.2) is 32.1 Å². The first-order valence-corrected chi connectivity index (χ1v) is 7.70. The van der Waals surface area contributed by atoms with Gasteiger partial charge in [-0.3, -0.25) is 14.4 Å². The Bertz CT molecular complexity index is 667. The molecular weight excluding hydrogens is 368 g/mol. The van der Waals surface area contributed by atoms with Gasteiger partial charge in [0, 0.05) is 16.0 Å². The Kier molecular flexibility index (Phi) is 4.79. The molecule has 2 atom stereocenters. The summed E-state index contributed by atoms with van der Waals surface area (Å²) >= 11 is 3.36. The Hall–Kier alpha value is -1.89. The fourth-order valence-electron chi connectivity index (χ4n) is 2.90. The van der Waals surface area contributed by atoms with Gasteiger partial charge in [0.15, 0.2) is 5.92 Å². The molecular formula is C16H17BrO6. The second kappa shape index (κ2) is 6.31. The fraction of sp³-hybridized carbons (Fsp3) is 0.438. The molecule has 124 valence electrons. The van der Waals surface area contributed by atoms with Crippen LogP contribution in [0.2, 0.25) is 0 Å². The molecule has 0 bridgehead atoms. The first kappa shape index (κ1) is 17.5. The van der Waals surface area contributed by atoms with Gasteiger partial charge in [0.2, 0.25) is 0 Å². The quantitative estimate of drug-likeness (QED) is 0.452. The molecule has 1 aliphatic heterocycles. The van der Waals surface area contributed by atoms with Crippen molar-refractivity contribution in [1.82, 2.24) is 0 Å². The highest BCUT2D eigenvalue weighted by atomic mass is 79.9. The lowest BCUT2D eigenvalue weighted by molar-refractivity contribution is -0.163. The lowest BCUT2D eigenvalue weighted by atomic mass is 9.67. The molecule has 0 unspecified atom stereocenters. The molecule has 0 aromatic heterocycles. The van der Waals surface area contributed by atoms with Gasteiger partial charge in [-0.25, -0.2) is 0 Å². The zero-order chi connectivity index (χ0) is 17.4. The topological polar surface area (TPSA) is 78.9 Å². The molecule has 1 aromatic rings. The maximum absolute atomic E-state index is 12.3. The number of fused-ring (bicyclic) bond motifs is 1. The summed E-state index contributed by atoms with van der Waals surface area (Å²) in [5.41, 5.74) is -0.562. The zero-order valence-corrected chi connectivity index (χ0v) is 14.8. The van der Waals surface area contributed by atoms with E-state index in [0.29, 0.717) is 11.3 Å². The van der Waals surface area contributed by atoms with E-state index in [0.717, 1.165) is 4.47 Å². The molecule has 0 saturated carbocycles. The summed E-state index contributed by atoms with van der Waals surface area (Å²) < 4.78 is 15.6. The zero-order valence-electron chi connectivity index (χ0n) is 13.2. The molecule has 0 radical (unpaired) electrons. The third kappa shape index (κ3) is 2.97. The van der Waals surface area contributed by atoms with Gasteiger partial charge in [0.1, 0.15) is 5.75 Å². The van der Waals surface area contributed by atoms with E-state index in [4.69, 9.17) is 14.2 Å². The molecule has 0 saturated heterocycles. The molecule has 23 heavy (non-hydrogen) atoms. The minimum Gasteiger partial charge on any atom is -0.469 e. The number of benzene rings is 1. The van der Waals surface area contributed by atoms with Crippen molar-refractivity contribution in [3.05, 3.63) is 28.2 Å². The number of halogens is 1. The van der Waals surface area contributed by atoms with E-state index in [1.165, 1.54) is 14.2 Å². The van der Waals surface area contributed by atoms with E-state index in [1.807, 2.05) is 0 Å². The number of carbonyl (C=O) groups excluding carboxylic acids is 3. The summed E-state index contributed by atoms with van der Waals surface area (Å²) in [5, 5.41) is 0. The van der Waals surface area contributed by atoms with Crippen LogP contribution in [0.25, 0.3) is 0 Å². The molecule has 0 N–H and O–H groups in total. The van der Waals surface area contributed by atoms with Crippen molar-refractivity contribution in [2.75, 3.05) is 14.2 Å². The van der Waals surface area contributed by atoms with Crippen molar-refractivity contribution in [2.45, 2.75) is 19.8 Å². The number of methoxy groups -OCH3 is 2. The van der Waals surface area contributed by atoms with E-state index < -0.39 is 35.2 Å². The van der Waals surface area contributed by atoms with Crippen molar-refractivity contribution in [3.63, 3.8) is 0 Å². The monoisotopic (exact) mass is 384 g/mol. The van der Waals surface area contributed by atoms with Crippen LogP contribution < -0.4 is 4.74 Å².